The van der Waals surface area contributed by atoms with Crippen LogP contribution in [-0.4, -0.2) is 37.5 Å². The Morgan fingerprint density at radius 3 is 2.23 bits per heavy atom. The van der Waals surface area contributed by atoms with E-state index in [1.54, 1.807) is 19.2 Å². The van der Waals surface area contributed by atoms with E-state index in [1.807, 2.05) is 30.3 Å². The highest BCUT2D eigenvalue weighted by molar-refractivity contribution is 6.01. The first-order valence-electron chi connectivity index (χ1n) is 14.1. The Morgan fingerprint density at radius 2 is 1.57 bits per heavy atom. The number of methoxy groups -OCH3 is 1. The van der Waals surface area contributed by atoms with Crippen LogP contribution in [0, 0.1) is 5.82 Å². The first-order valence-corrected chi connectivity index (χ1v) is 14.1. The van der Waals surface area contributed by atoms with E-state index in [4.69, 9.17) is 14.2 Å². The summed E-state index contributed by atoms with van der Waals surface area (Å²) < 4.78 is 33.4. The highest BCUT2D eigenvalue weighted by Gasteiger charge is 2.32. The fraction of sp³-hybridized carbons (Fsp3) is 0.382. The first-order chi connectivity index (χ1) is 19.3. The first kappa shape index (κ1) is 29.3. The summed E-state index contributed by atoms with van der Waals surface area (Å²) in [5.41, 5.74) is 4.94. The van der Waals surface area contributed by atoms with Crippen LogP contribution in [-0.2, 0) is 14.9 Å². The number of benzene rings is 3. The summed E-state index contributed by atoms with van der Waals surface area (Å²) in [7, 11) is 1.70. The van der Waals surface area contributed by atoms with Crippen LogP contribution < -0.4 is 4.74 Å². The Labute approximate surface area is 236 Å². The van der Waals surface area contributed by atoms with Gasteiger partial charge in [0.05, 0.1) is 30.9 Å². The Morgan fingerprint density at radius 1 is 0.900 bits per heavy atom. The second-order valence-corrected chi connectivity index (χ2v) is 10.8. The van der Waals surface area contributed by atoms with Crippen LogP contribution in [0.2, 0.25) is 0 Å². The maximum Gasteiger partial charge on any atom is 0.338 e. The van der Waals surface area contributed by atoms with Crippen molar-refractivity contribution in [3.8, 4) is 22.6 Å². The molecule has 4 aromatic rings. The minimum Gasteiger partial charge on any atom is -0.494 e. The predicted octanol–water partition coefficient (Wildman–Crippen LogP) is 8.50. The maximum absolute atomic E-state index is 14.0. The topological polar surface area (TPSA) is 49.7 Å². The number of carbonyl (C=O) groups is 1. The number of fused-ring (bicyclic) bond motifs is 1. The van der Waals surface area contributed by atoms with Crippen LogP contribution in [0.5, 0.6) is 5.75 Å². The monoisotopic (exact) mass is 545 g/mol. The van der Waals surface area contributed by atoms with E-state index in [2.05, 4.69) is 44.4 Å². The molecule has 1 heterocycles. The van der Waals surface area contributed by atoms with Crippen LogP contribution in [0.1, 0.15) is 69.4 Å². The van der Waals surface area contributed by atoms with Gasteiger partial charge >= 0.3 is 5.97 Å². The Bertz CT molecular complexity index is 1420. The largest absolute Gasteiger partial charge is 0.494 e. The van der Waals surface area contributed by atoms with Crippen LogP contribution in [0.15, 0.2) is 66.7 Å². The molecule has 212 valence electrons. The van der Waals surface area contributed by atoms with Crippen LogP contribution in [0.3, 0.4) is 0 Å². The number of rotatable bonds is 13. The third kappa shape index (κ3) is 6.39. The molecule has 0 bridgehead atoms. The van der Waals surface area contributed by atoms with E-state index < -0.39 is 5.41 Å². The van der Waals surface area contributed by atoms with Crippen molar-refractivity contribution in [1.82, 2.24) is 4.57 Å². The average Bonchev–Trinajstić information content (AvgIpc) is 3.29. The van der Waals surface area contributed by atoms with Gasteiger partial charge < -0.3 is 18.8 Å². The molecule has 6 heteroatoms. The van der Waals surface area contributed by atoms with Gasteiger partial charge in [-0.25, -0.2) is 9.18 Å². The molecule has 1 aromatic heterocycles. The van der Waals surface area contributed by atoms with Crippen molar-refractivity contribution >= 4 is 16.9 Å². The molecule has 0 aliphatic carbocycles. The molecular formula is C34H40FNO4. The van der Waals surface area contributed by atoms with Crippen molar-refractivity contribution in [2.45, 2.75) is 58.8 Å². The number of unbranched alkanes of at least 4 members (excludes halogenated alkanes) is 2. The van der Waals surface area contributed by atoms with Crippen molar-refractivity contribution in [2.75, 3.05) is 26.9 Å². The number of hydrogen-bond donors (Lipinski definition) is 0. The number of aromatic nitrogens is 1. The van der Waals surface area contributed by atoms with Crippen LogP contribution in [0.25, 0.3) is 27.7 Å². The van der Waals surface area contributed by atoms with Gasteiger partial charge in [0.2, 0.25) is 0 Å². The van der Waals surface area contributed by atoms with E-state index in [-0.39, 0.29) is 11.8 Å². The molecule has 0 fully saturated rings. The number of carbonyl (C=O) groups excluding carboxylic acids is 1. The number of halogens is 1. The fourth-order valence-electron chi connectivity index (χ4n) is 5.08. The van der Waals surface area contributed by atoms with Gasteiger partial charge in [-0.1, -0.05) is 52.7 Å². The predicted molar refractivity (Wildman–Crippen MR) is 159 cm³/mol. The van der Waals surface area contributed by atoms with Crippen LogP contribution >= 0.6 is 0 Å². The normalized spacial score (nSPS) is 11.7. The van der Waals surface area contributed by atoms with Gasteiger partial charge in [0.1, 0.15) is 11.6 Å². The molecule has 3 aromatic carbocycles. The van der Waals surface area contributed by atoms with Gasteiger partial charge in [-0.3, -0.25) is 0 Å². The van der Waals surface area contributed by atoms with Gasteiger partial charge in [-0.15, -0.1) is 0 Å². The van der Waals surface area contributed by atoms with E-state index >= 15 is 0 Å². The second kappa shape index (κ2) is 13.1. The summed E-state index contributed by atoms with van der Waals surface area (Å²) in [4.78, 5) is 12.6. The average molecular weight is 546 g/mol. The molecule has 4 rings (SSSR count). The standard InChI is InChI=1S/C34H40FNO4/c1-6-8-20-39-28-18-19-30-29(22-28)31(24-10-12-25(13-11-24)33(37)40-21-9-7-2)32(34(3,4)23-38-5)36(30)27-16-14-26(35)15-17-27/h10-19,22H,6-9,20-21,23H2,1-5H3. The molecule has 0 amide bonds. The van der Waals surface area contributed by atoms with Crippen molar-refractivity contribution in [1.29, 1.82) is 0 Å². The Balaban J connectivity index is 1.94. The molecule has 0 unspecified atom stereocenters. The molecule has 0 saturated heterocycles. The third-order valence-corrected chi connectivity index (χ3v) is 7.08. The molecule has 0 saturated carbocycles. The molecule has 0 N–H and O–H groups in total. The van der Waals surface area contributed by atoms with Gasteiger partial charge in [0.15, 0.2) is 0 Å². The van der Waals surface area contributed by atoms with E-state index in [1.165, 1.54) is 12.1 Å². The maximum atomic E-state index is 14.0. The lowest BCUT2D eigenvalue weighted by Gasteiger charge is -2.28. The van der Waals surface area contributed by atoms with Crippen molar-refractivity contribution in [2.24, 2.45) is 0 Å². The second-order valence-electron chi connectivity index (χ2n) is 10.8. The molecule has 0 spiro atoms. The zero-order chi connectivity index (χ0) is 28.7. The zero-order valence-corrected chi connectivity index (χ0v) is 24.3. The quantitative estimate of drug-likeness (QED) is 0.125. The molecule has 0 aliphatic rings. The SMILES string of the molecule is CCCCOC(=O)c1ccc(-c2c(C(C)(C)COC)n(-c3ccc(F)cc3)c3ccc(OCCCC)cc23)cc1. The van der Waals surface area contributed by atoms with E-state index in [9.17, 15) is 9.18 Å². The highest BCUT2D eigenvalue weighted by atomic mass is 19.1. The van der Waals surface area contributed by atoms with Crippen molar-refractivity contribution in [3.05, 3.63) is 83.8 Å². The lowest BCUT2D eigenvalue weighted by Crippen LogP contribution is -2.27. The lowest BCUT2D eigenvalue weighted by molar-refractivity contribution is 0.0499. The molecule has 40 heavy (non-hydrogen) atoms. The summed E-state index contributed by atoms with van der Waals surface area (Å²) in [5.74, 6) is 0.192. The number of hydrogen-bond acceptors (Lipinski definition) is 4. The Kier molecular flexibility index (Phi) is 9.64. The van der Waals surface area contributed by atoms with E-state index in [0.717, 1.165) is 64.8 Å². The molecule has 5 nitrogen and oxygen atoms in total. The van der Waals surface area contributed by atoms with Gasteiger partial charge in [0.25, 0.3) is 0 Å². The summed E-state index contributed by atoms with van der Waals surface area (Å²) in [6.45, 7) is 10.0. The fourth-order valence-corrected chi connectivity index (χ4v) is 5.08. The molecular weight excluding hydrogens is 505 g/mol. The van der Waals surface area contributed by atoms with Crippen LogP contribution in [0.4, 0.5) is 4.39 Å². The van der Waals surface area contributed by atoms with Gasteiger partial charge in [0, 0.05) is 34.9 Å². The van der Waals surface area contributed by atoms with Gasteiger partial charge in [-0.05, 0) is 73.0 Å². The lowest BCUT2D eigenvalue weighted by atomic mass is 9.84. The minimum atomic E-state index is -0.418. The summed E-state index contributed by atoms with van der Waals surface area (Å²) in [6.07, 6.45) is 3.84. The van der Waals surface area contributed by atoms with Gasteiger partial charge in [-0.2, -0.15) is 0 Å². The smallest absolute Gasteiger partial charge is 0.338 e. The molecule has 0 aliphatic heterocycles. The minimum absolute atomic E-state index is 0.286. The highest BCUT2D eigenvalue weighted by Crippen LogP contribution is 2.44. The molecule has 0 atom stereocenters. The summed E-state index contributed by atoms with van der Waals surface area (Å²) >= 11 is 0. The summed E-state index contributed by atoms with van der Waals surface area (Å²) in [6, 6.07) is 20.3. The number of esters is 1. The molecule has 0 radical (unpaired) electrons. The number of nitrogens with zero attached hydrogens (tertiary/aromatic N) is 1. The van der Waals surface area contributed by atoms with Crippen molar-refractivity contribution < 1.29 is 23.4 Å². The Hall–Kier alpha value is -3.64. The summed E-state index contributed by atoms with van der Waals surface area (Å²) in [5, 5.41) is 1.01. The zero-order valence-electron chi connectivity index (χ0n) is 24.3. The third-order valence-electron chi connectivity index (χ3n) is 7.08. The van der Waals surface area contributed by atoms with Crippen molar-refractivity contribution in [3.63, 3.8) is 0 Å². The van der Waals surface area contributed by atoms with E-state index in [0.29, 0.717) is 25.4 Å². The number of ether oxygens (including phenoxy) is 3.